The number of aromatic nitrogens is 2. The third-order valence-electron chi connectivity index (χ3n) is 5.17. The molecule has 7 nitrogen and oxygen atoms in total. The van der Waals surface area contributed by atoms with Crippen molar-refractivity contribution in [3.05, 3.63) is 45.2 Å². The number of amides is 1. The summed E-state index contributed by atoms with van der Waals surface area (Å²) >= 11 is 6.62. The minimum Gasteiger partial charge on any atom is -0.376 e. The fraction of sp³-hybridized carbons (Fsp3) is 0.429. The van der Waals surface area contributed by atoms with E-state index >= 15 is 0 Å². The summed E-state index contributed by atoms with van der Waals surface area (Å²) in [7, 11) is 0. The van der Waals surface area contributed by atoms with Gasteiger partial charge in [0.05, 0.1) is 16.6 Å². The lowest BCUT2D eigenvalue weighted by molar-refractivity contribution is -0.122. The number of pyridine rings is 1. The van der Waals surface area contributed by atoms with Crippen molar-refractivity contribution in [3.8, 4) is 0 Å². The maximum Gasteiger partial charge on any atom is 0.267 e. The van der Waals surface area contributed by atoms with Crippen molar-refractivity contribution < 1.29 is 9.53 Å². The van der Waals surface area contributed by atoms with Gasteiger partial charge >= 0.3 is 0 Å². The zero-order chi connectivity index (χ0) is 21.1. The Morgan fingerprint density at radius 1 is 1.40 bits per heavy atom. The highest BCUT2D eigenvalue weighted by Gasteiger charge is 2.32. The Labute approximate surface area is 184 Å². The van der Waals surface area contributed by atoms with Gasteiger partial charge in [0.15, 0.2) is 0 Å². The van der Waals surface area contributed by atoms with Crippen LogP contribution in [0.2, 0.25) is 0 Å². The number of hydrogen-bond donors (Lipinski definition) is 1. The first-order chi connectivity index (χ1) is 14.6. The van der Waals surface area contributed by atoms with E-state index in [4.69, 9.17) is 17.0 Å². The van der Waals surface area contributed by atoms with Gasteiger partial charge in [-0.15, -0.1) is 0 Å². The van der Waals surface area contributed by atoms with Crippen LogP contribution >= 0.6 is 24.0 Å². The lowest BCUT2D eigenvalue weighted by Crippen LogP contribution is -2.29. The number of thioether (sulfide) groups is 1. The molecule has 0 bridgehead atoms. The molecule has 2 aliphatic heterocycles. The van der Waals surface area contributed by atoms with Crippen LogP contribution < -0.4 is 10.9 Å². The van der Waals surface area contributed by atoms with Gasteiger partial charge in [0, 0.05) is 25.9 Å². The van der Waals surface area contributed by atoms with Crippen molar-refractivity contribution >= 4 is 51.7 Å². The number of thiocarbonyl (C=S) groups is 1. The number of hydrogen-bond acceptors (Lipinski definition) is 7. The number of carbonyl (C=O) groups is 1. The third kappa shape index (κ3) is 4.28. The molecule has 0 spiro atoms. The van der Waals surface area contributed by atoms with E-state index in [0.717, 1.165) is 32.3 Å². The van der Waals surface area contributed by atoms with Crippen LogP contribution in [0.3, 0.4) is 0 Å². The van der Waals surface area contributed by atoms with E-state index in [-0.39, 0.29) is 17.6 Å². The number of nitrogens with one attached hydrogen (secondary N) is 1. The van der Waals surface area contributed by atoms with E-state index in [2.05, 4.69) is 17.2 Å². The van der Waals surface area contributed by atoms with Crippen LogP contribution in [0.4, 0.5) is 5.82 Å². The molecular formula is C21H24N4O3S2. The second-order valence-electron chi connectivity index (χ2n) is 7.31. The first-order valence-corrected chi connectivity index (χ1v) is 11.4. The fourth-order valence-corrected chi connectivity index (χ4v) is 4.81. The summed E-state index contributed by atoms with van der Waals surface area (Å²) in [5.41, 5.74) is 0.673. The zero-order valence-corrected chi connectivity index (χ0v) is 18.4. The van der Waals surface area contributed by atoms with Gasteiger partial charge in [-0.2, -0.15) is 0 Å². The van der Waals surface area contributed by atoms with Gasteiger partial charge in [-0.1, -0.05) is 43.4 Å². The molecule has 2 saturated heterocycles. The molecule has 0 radical (unpaired) electrons. The van der Waals surface area contributed by atoms with Crippen molar-refractivity contribution in [2.24, 2.45) is 0 Å². The van der Waals surface area contributed by atoms with E-state index in [9.17, 15) is 9.59 Å². The first kappa shape index (κ1) is 21.0. The average Bonchev–Trinajstić information content (AvgIpc) is 3.36. The molecule has 158 valence electrons. The van der Waals surface area contributed by atoms with E-state index in [1.807, 2.05) is 6.07 Å². The standard InChI is InChI=1S/C21H24N4O3S2/c1-2-3-9-25-20(27)16(30-21(25)29)12-15-18(22-13-14-7-6-11-28-14)23-17-8-4-5-10-24(17)19(15)26/h4-5,8,10,12,14,22H,2-3,6-7,9,11,13H2,1H3/b16-12-. The minimum atomic E-state index is -0.228. The molecule has 1 atom stereocenters. The zero-order valence-electron chi connectivity index (χ0n) is 16.8. The third-order valence-corrected chi connectivity index (χ3v) is 6.55. The number of ether oxygens (including phenoxy) is 1. The fourth-order valence-electron chi connectivity index (χ4n) is 3.52. The van der Waals surface area contributed by atoms with Gasteiger partial charge in [0.2, 0.25) is 0 Å². The first-order valence-electron chi connectivity index (χ1n) is 10.2. The van der Waals surface area contributed by atoms with Crippen LogP contribution in [0.15, 0.2) is 34.1 Å². The molecule has 1 amide bonds. The second-order valence-corrected chi connectivity index (χ2v) is 8.99. The Kier molecular flexibility index (Phi) is 6.50. The molecule has 0 saturated carbocycles. The van der Waals surface area contributed by atoms with E-state index in [1.54, 1.807) is 29.3 Å². The van der Waals surface area contributed by atoms with E-state index < -0.39 is 0 Å². The summed E-state index contributed by atoms with van der Waals surface area (Å²) in [4.78, 5) is 32.8. The summed E-state index contributed by atoms with van der Waals surface area (Å²) < 4.78 is 7.69. The van der Waals surface area contributed by atoms with Gasteiger partial charge in [0.25, 0.3) is 11.5 Å². The van der Waals surface area contributed by atoms with Crippen LogP contribution in [-0.2, 0) is 9.53 Å². The van der Waals surface area contributed by atoms with Crippen molar-refractivity contribution in [3.63, 3.8) is 0 Å². The summed E-state index contributed by atoms with van der Waals surface area (Å²) in [5, 5.41) is 3.27. The van der Waals surface area contributed by atoms with Crippen LogP contribution in [0, 0.1) is 0 Å². The monoisotopic (exact) mass is 444 g/mol. The Morgan fingerprint density at radius 2 is 2.27 bits per heavy atom. The molecule has 2 aliphatic rings. The van der Waals surface area contributed by atoms with Crippen LogP contribution in [-0.4, -0.2) is 50.3 Å². The van der Waals surface area contributed by atoms with Crippen molar-refractivity contribution in [2.75, 3.05) is 25.0 Å². The Hall–Kier alpha value is -2.23. The summed E-state index contributed by atoms with van der Waals surface area (Å²) in [6.45, 7) is 3.99. The highest BCUT2D eigenvalue weighted by Crippen LogP contribution is 2.33. The summed E-state index contributed by atoms with van der Waals surface area (Å²) in [5.74, 6) is 0.307. The maximum atomic E-state index is 13.2. The van der Waals surface area contributed by atoms with Gasteiger partial charge in [-0.25, -0.2) is 4.98 Å². The Bertz CT molecular complexity index is 1060. The molecular weight excluding hydrogens is 420 g/mol. The van der Waals surface area contributed by atoms with Crippen molar-refractivity contribution in [1.82, 2.24) is 14.3 Å². The van der Waals surface area contributed by atoms with Gasteiger partial charge in [-0.05, 0) is 37.5 Å². The molecule has 30 heavy (non-hydrogen) atoms. The average molecular weight is 445 g/mol. The minimum absolute atomic E-state index is 0.0983. The number of anilines is 1. The van der Waals surface area contributed by atoms with Crippen molar-refractivity contribution in [2.45, 2.75) is 38.7 Å². The van der Waals surface area contributed by atoms with Gasteiger partial charge in [-0.3, -0.25) is 18.9 Å². The van der Waals surface area contributed by atoms with Crippen LogP contribution in [0.25, 0.3) is 11.7 Å². The summed E-state index contributed by atoms with van der Waals surface area (Å²) in [6, 6.07) is 5.40. The van der Waals surface area contributed by atoms with Gasteiger partial charge < -0.3 is 10.1 Å². The Morgan fingerprint density at radius 3 is 3.03 bits per heavy atom. The molecule has 0 aromatic carbocycles. The number of fused-ring (bicyclic) bond motifs is 1. The highest BCUT2D eigenvalue weighted by atomic mass is 32.2. The lowest BCUT2D eigenvalue weighted by Gasteiger charge is -2.14. The summed E-state index contributed by atoms with van der Waals surface area (Å²) in [6.07, 6.45) is 7.27. The predicted molar refractivity (Wildman–Crippen MR) is 124 cm³/mol. The molecule has 0 aliphatic carbocycles. The quantitative estimate of drug-likeness (QED) is 0.519. The second kappa shape index (κ2) is 9.28. The molecule has 2 fully saturated rings. The molecule has 9 heteroatoms. The predicted octanol–water partition coefficient (Wildman–Crippen LogP) is 3.29. The smallest absolute Gasteiger partial charge is 0.267 e. The Balaban J connectivity index is 1.71. The number of unbranched alkanes of at least 4 members (excludes halogenated alkanes) is 1. The van der Waals surface area contributed by atoms with Crippen molar-refractivity contribution in [1.29, 1.82) is 0 Å². The molecule has 1 N–H and O–H groups in total. The van der Waals surface area contributed by atoms with E-state index in [1.165, 1.54) is 16.2 Å². The number of nitrogens with zero attached hydrogens (tertiary/aromatic N) is 3. The van der Waals surface area contributed by atoms with Crippen LogP contribution in [0.1, 0.15) is 38.2 Å². The number of carbonyl (C=O) groups excluding carboxylic acids is 1. The number of rotatable bonds is 7. The molecule has 2 aromatic rings. The molecule has 4 heterocycles. The lowest BCUT2D eigenvalue weighted by atomic mass is 10.2. The largest absolute Gasteiger partial charge is 0.376 e. The van der Waals surface area contributed by atoms with Gasteiger partial charge in [0.1, 0.15) is 15.8 Å². The van der Waals surface area contributed by atoms with Crippen LogP contribution in [0.5, 0.6) is 0 Å². The topological polar surface area (TPSA) is 75.9 Å². The van der Waals surface area contributed by atoms with E-state index in [0.29, 0.717) is 39.3 Å². The molecule has 4 rings (SSSR count). The maximum absolute atomic E-state index is 13.2. The normalized spacial score (nSPS) is 20.6. The SMILES string of the molecule is CCCCN1C(=O)/C(=C/c2c(NCC3CCCO3)nc3ccccn3c2=O)SC1=S. The highest BCUT2D eigenvalue weighted by molar-refractivity contribution is 8.26. The molecule has 2 aromatic heterocycles. The molecule has 1 unspecified atom stereocenters.